The van der Waals surface area contributed by atoms with Gasteiger partial charge in [0.2, 0.25) is 0 Å². The minimum absolute atomic E-state index is 0.0704. The van der Waals surface area contributed by atoms with Crippen LogP contribution in [0.15, 0.2) is 34.9 Å². The van der Waals surface area contributed by atoms with Crippen LogP contribution >= 0.6 is 0 Å². The van der Waals surface area contributed by atoms with Crippen molar-refractivity contribution in [3.8, 4) is 0 Å². The summed E-state index contributed by atoms with van der Waals surface area (Å²) in [6, 6.07) is 10.2. The molecule has 6 heteroatoms. The highest BCUT2D eigenvalue weighted by molar-refractivity contribution is 5.66. The van der Waals surface area contributed by atoms with E-state index in [0.29, 0.717) is 24.7 Å². The number of hydrogen-bond acceptors (Lipinski definition) is 5. The van der Waals surface area contributed by atoms with Crippen LogP contribution in [0.25, 0.3) is 0 Å². The van der Waals surface area contributed by atoms with Crippen molar-refractivity contribution in [2.24, 2.45) is 0 Å². The Labute approximate surface area is 129 Å². The molecule has 0 spiro atoms. The van der Waals surface area contributed by atoms with Crippen LogP contribution in [-0.2, 0) is 11.2 Å². The van der Waals surface area contributed by atoms with Crippen LogP contribution in [0, 0.1) is 0 Å². The molecule has 0 aliphatic rings. The highest BCUT2D eigenvalue weighted by atomic mass is 16.5. The van der Waals surface area contributed by atoms with Gasteiger partial charge < -0.3 is 14.9 Å². The molecule has 1 atom stereocenters. The third-order valence-electron chi connectivity index (χ3n) is 3.32. The largest absolute Gasteiger partial charge is 0.481 e. The average molecular weight is 303 g/mol. The van der Waals surface area contributed by atoms with Crippen molar-refractivity contribution in [3.63, 3.8) is 0 Å². The van der Waals surface area contributed by atoms with Gasteiger partial charge in [-0.05, 0) is 18.4 Å². The maximum atomic E-state index is 10.8. The molecule has 0 aliphatic heterocycles. The molecule has 2 N–H and O–H groups in total. The number of aromatic nitrogens is 2. The smallest absolute Gasteiger partial charge is 0.321 e. The second-order valence-corrected chi connectivity index (χ2v) is 5.58. The van der Waals surface area contributed by atoms with E-state index in [4.69, 9.17) is 9.63 Å². The molecule has 118 valence electrons. The van der Waals surface area contributed by atoms with Crippen LogP contribution in [0.1, 0.15) is 44.0 Å². The number of anilines is 1. The Balaban J connectivity index is 2.04. The Morgan fingerprint density at radius 1 is 1.32 bits per heavy atom. The Bertz CT molecular complexity index is 596. The first kappa shape index (κ1) is 16.0. The number of rotatable bonds is 8. The van der Waals surface area contributed by atoms with Crippen molar-refractivity contribution in [2.75, 3.05) is 5.32 Å². The van der Waals surface area contributed by atoms with Crippen molar-refractivity contribution in [1.82, 2.24) is 10.1 Å². The van der Waals surface area contributed by atoms with Crippen molar-refractivity contribution in [2.45, 2.75) is 45.1 Å². The summed E-state index contributed by atoms with van der Waals surface area (Å²) in [6.45, 7) is 3.97. The summed E-state index contributed by atoms with van der Waals surface area (Å²) in [5, 5.41) is 16.0. The molecule has 0 fully saturated rings. The Kier molecular flexibility index (Phi) is 5.52. The molecule has 1 heterocycles. The highest BCUT2D eigenvalue weighted by Gasteiger charge is 2.16. The lowest BCUT2D eigenvalue weighted by atomic mass is 10.0. The topological polar surface area (TPSA) is 88.2 Å². The van der Waals surface area contributed by atoms with Gasteiger partial charge in [0, 0.05) is 18.4 Å². The second-order valence-electron chi connectivity index (χ2n) is 5.58. The number of nitrogens with zero attached hydrogens (tertiary/aromatic N) is 2. The van der Waals surface area contributed by atoms with Crippen LogP contribution in [0.3, 0.4) is 0 Å². The lowest BCUT2D eigenvalue weighted by Gasteiger charge is -2.16. The van der Waals surface area contributed by atoms with Gasteiger partial charge in [0.25, 0.3) is 0 Å². The summed E-state index contributed by atoms with van der Waals surface area (Å²) >= 11 is 0. The zero-order valence-corrected chi connectivity index (χ0v) is 12.8. The number of carbonyl (C=O) groups is 1. The molecule has 0 saturated heterocycles. The molecule has 6 nitrogen and oxygen atoms in total. The monoisotopic (exact) mass is 303 g/mol. The molecule has 0 radical (unpaired) electrons. The van der Waals surface area contributed by atoms with Gasteiger partial charge in [-0.25, -0.2) is 0 Å². The van der Waals surface area contributed by atoms with E-state index >= 15 is 0 Å². The third kappa shape index (κ3) is 4.87. The van der Waals surface area contributed by atoms with Crippen molar-refractivity contribution < 1.29 is 14.4 Å². The zero-order chi connectivity index (χ0) is 15.9. The first-order chi connectivity index (χ1) is 10.5. The van der Waals surface area contributed by atoms with Crippen molar-refractivity contribution in [1.29, 1.82) is 0 Å². The lowest BCUT2D eigenvalue weighted by molar-refractivity contribution is -0.137. The molecule has 1 aromatic heterocycles. The lowest BCUT2D eigenvalue weighted by Crippen LogP contribution is -2.23. The van der Waals surface area contributed by atoms with Crippen LogP contribution in [0.2, 0.25) is 0 Å². The first-order valence-electron chi connectivity index (χ1n) is 7.40. The molecule has 2 rings (SSSR count). The van der Waals surface area contributed by atoms with Crippen molar-refractivity contribution >= 4 is 12.0 Å². The quantitative estimate of drug-likeness (QED) is 0.779. The van der Waals surface area contributed by atoms with Gasteiger partial charge in [-0.2, -0.15) is 4.98 Å². The number of nitrogens with one attached hydrogen (secondary N) is 1. The van der Waals surface area contributed by atoms with E-state index in [2.05, 4.69) is 15.5 Å². The van der Waals surface area contributed by atoms with Gasteiger partial charge in [-0.15, -0.1) is 0 Å². The van der Waals surface area contributed by atoms with Crippen LogP contribution in [0.5, 0.6) is 0 Å². The molecule has 0 saturated carbocycles. The minimum atomic E-state index is -0.812. The fourth-order valence-corrected chi connectivity index (χ4v) is 2.12. The summed E-state index contributed by atoms with van der Waals surface area (Å²) in [5.74, 6) is 0.0124. The van der Waals surface area contributed by atoms with Crippen LogP contribution < -0.4 is 5.32 Å². The molecule has 0 amide bonds. The summed E-state index contributed by atoms with van der Waals surface area (Å²) in [7, 11) is 0. The second kappa shape index (κ2) is 7.59. The van der Waals surface area contributed by atoms with Gasteiger partial charge in [0.15, 0.2) is 5.82 Å². The molecule has 22 heavy (non-hydrogen) atoms. The van der Waals surface area contributed by atoms with E-state index in [1.807, 2.05) is 44.2 Å². The van der Waals surface area contributed by atoms with Crippen LogP contribution in [-0.4, -0.2) is 27.3 Å². The van der Waals surface area contributed by atoms with E-state index in [-0.39, 0.29) is 18.4 Å². The fraction of sp³-hybridized carbons (Fsp3) is 0.438. The number of aliphatic carboxylic acids is 1. The van der Waals surface area contributed by atoms with Crippen LogP contribution in [0.4, 0.5) is 6.01 Å². The normalized spacial score (nSPS) is 12.3. The standard InChI is InChI=1S/C16H21N3O3/c1-11(2)15-18-16(22-19-15)17-13(8-9-14(20)21)10-12-6-4-3-5-7-12/h3-7,11,13H,8-10H2,1-2H3,(H,20,21)(H,17,18,19). The van der Waals surface area contributed by atoms with Gasteiger partial charge in [-0.3, -0.25) is 4.79 Å². The van der Waals surface area contributed by atoms with Gasteiger partial charge >= 0.3 is 12.0 Å². The third-order valence-corrected chi connectivity index (χ3v) is 3.32. The molecule has 1 aromatic carbocycles. The number of carboxylic acids is 1. The van der Waals surface area contributed by atoms with E-state index in [9.17, 15) is 4.79 Å². The fourth-order valence-electron chi connectivity index (χ4n) is 2.12. The van der Waals surface area contributed by atoms with Gasteiger partial charge in [-0.1, -0.05) is 49.3 Å². The minimum Gasteiger partial charge on any atom is -0.481 e. The molecule has 2 aromatic rings. The van der Waals surface area contributed by atoms with E-state index in [0.717, 1.165) is 5.56 Å². The summed E-state index contributed by atoms with van der Waals surface area (Å²) in [5.41, 5.74) is 1.13. The highest BCUT2D eigenvalue weighted by Crippen LogP contribution is 2.16. The Morgan fingerprint density at radius 2 is 2.05 bits per heavy atom. The number of carboxylic acid groups (broad SMARTS) is 1. The van der Waals surface area contributed by atoms with Gasteiger partial charge in [0.05, 0.1) is 0 Å². The van der Waals surface area contributed by atoms with Gasteiger partial charge in [0.1, 0.15) is 0 Å². The Morgan fingerprint density at radius 3 is 2.64 bits per heavy atom. The average Bonchev–Trinajstić information content (AvgIpc) is 2.94. The van der Waals surface area contributed by atoms with Crippen molar-refractivity contribution in [3.05, 3.63) is 41.7 Å². The molecular formula is C16H21N3O3. The molecule has 1 unspecified atom stereocenters. The summed E-state index contributed by atoms with van der Waals surface area (Å²) in [4.78, 5) is 15.1. The maximum absolute atomic E-state index is 10.8. The summed E-state index contributed by atoms with van der Waals surface area (Å²) < 4.78 is 5.18. The predicted molar refractivity (Wildman–Crippen MR) is 82.8 cm³/mol. The van der Waals surface area contributed by atoms with E-state index in [1.165, 1.54) is 0 Å². The Hall–Kier alpha value is -2.37. The SMILES string of the molecule is CC(C)c1noc(NC(CCC(=O)O)Cc2ccccc2)n1. The zero-order valence-electron chi connectivity index (χ0n) is 12.8. The summed E-state index contributed by atoms with van der Waals surface area (Å²) in [6.07, 6.45) is 1.28. The van der Waals surface area contributed by atoms with E-state index < -0.39 is 5.97 Å². The molecular weight excluding hydrogens is 282 g/mol. The molecule has 0 aliphatic carbocycles. The maximum Gasteiger partial charge on any atom is 0.321 e. The molecule has 0 bridgehead atoms. The predicted octanol–water partition coefficient (Wildman–Crippen LogP) is 3.08. The first-order valence-corrected chi connectivity index (χ1v) is 7.40. The number of hydrogen-bond donors (Lipinski definition) is 2. The van der Waals surface area contributed by atoms with E-state index in [1.54, 1.807) is 0 Å². The number of benzene rings is 1.